The Kier molecular flexibility index (Phi) is 4.30. The largest absolute Gasteiger partial charge is 0.366 e. The molecule has 0 saturated carbocycles. The molecule has 1 unspecified atom stereocenters. The summed E-state index contributed by atoms with van der Waals surface area (Å²) in [6, 6.07) is 4.46. The summed E-state index contributed by atoms with van der Waals surface area (Å²) in [5.41, 5.74) is 7.05. The van der Waals surface area contributed by atoms with Crippen LogP contribution in [0.15, 0.2) is 18.3 Å². The lowest BCUT2D eigenvalue weighted by Crippen LogP contribution is -2.28. The van der Waals surface area contributed by atoms with Gasteiger partial charge in [0.25, 0.3) is 0 Å². The smallest absolute Gasteiger partial charge is 0.126 e. The fraction of sp³-hybridized carbons (Fsp3) is 0.615. The van der Waals surface area contributed by atoms with E-state index in [1.54, 1.807) is 0 Å². The molecule has 0 amide bonds. The van der Waals surface area contributed by atoms with Gasteiger partial charge in [0.2, 0.25) is 0 Å². The molecule has 90 valence electrons. The molecule has 0 bridgehead atoms. The Morgan fingerprint density at radius 1 is 1.38 bits per heavy atom. The monoisotopic (exact) mass is 221 g/mol. The number of rotatable bonds is 4. The molecule has 3 nitrogen and oxygen atoms in total. The molecule has 3 N–H and O–H groups in total. The van der Waals surface area contributed by atoms with E-state index >= 15 is 0 Å². The highest BCUT2D eigenvalue weighted by Crippen LogP contribution is 2.22. The van der Waals surface area contributed by atoms with Crippen LogP contribution < -0.4 is 11.1 Å². The molecule has 1 heterocycles. The topological polar surface area (TPSA) is 50.9 Å². The minimum Gasteiger partial charge on any atom is -0.366 e. The van der Waals surface area contributed by atoms with E-state index in [1.165, 1.54) is 5.56 Å². The van der Waals surface area contributed by atoms with Crippen LogP contribution >= 0.6 is 0 Å². The first-order valence-corrected chi connectivity index (χ1v) is 5.90. The van der Waals surface area contributed by atoms with E-state index in [9.17, 15) is 0 Å². The molecule has 0 aliphatic rings. The van der Waals surface area contributed by atoms with Gasteiger partial charge in [0.15, 0.2) is 0 Å². The van der Waals surface area contributed by atoms with Gasteiger partial charge in [-0.1, -0.05) is 33.8 Å². The van der Waals surface area contributed by atoms with E-state index in [4.69, 9.17) is 5.73 Å². The summed E-state index contributed by atoms with van der Waals surface area (Å²) < 4.78 is 0. The van der Waals surface area contributed by atoms with Gasteiger partial charge in [0, 0.05) is 18.8 Å². The molecule has 0 fully saturated rings. The molecule has 0 aromatic carbocycles. The number of nitrogens with one attached hydrogen (secondary N) is 1. The number of hydrogen-bond donors (Lipinski definition) is 2. The van der Waals surface area contributed by atoms with Crippen LogP contribution in [0.1, 0.15) is 39.7 Å². The third-order valence-electron chi connectivity index (χ3n) is 2.76. The highest BCUT2D eigenvalue weighted by atomic mass is 15.0. The fourth-order valence-corrected chi connectivity index (χ4v) is 1.46. The lowest BCUT2D eigenvalue weighted by atomic mass is 9.88. The molecule has 0 aliphatic carbocycles. The summed E-state index contributed by atoms with van der Waals surface area (Å²) >= 11 is 0. The zero-order valence-corrected chi connectivity index (χ0v) is 10.7. The molecule has 0 spiro atoms. The SMILES string of the molecule is CCC(CN)Nc1ccc(C(C)(C)C)cn1. The van der Waals surface area contributed by atoms with Gasteiger partial charge in [-0.2, -0.15) is 0 Å². The third kappa shape index (κ3) is 3.49. The Morgan fingerprint density at radius 3 is 2.44 bits per heavy atom. The van der Waals surface area contributed by atoms with E-state index in [0.717, 1.165) is 12.2 Å². The van der Waals surface area contributed by atoms with Gasteiger partial charge < -0.3 is 11.1 Å². The van der Waals surface area contributed by atoms with Gasteiger partial charge in [0.1, 0.15) is 5.82 Å². The van der Waals surface area contributed by atoms with Crippen LogP contribution in [0, 0.1) is 0 Å². The lowest BCUT2D eigenvalue weighted by molar-refractivity contribution is 0.587. The molecule has 0 radical (unpaired) electrons. The number of nitrogens with zero attached hydrogens (tertiary/aromatic N) is 1. The Morgan fingerprint density at radius 2 is 2.06 bits per heavy atom. The second kappa shape index (κ2) is 5.30. The first kappa shape index (κ1) is 13.0. The average Bonchev–Trinajstić information content (AvgIpc) is 2.25. The van der Waals surface area contributed by atoms with Crippen molar-refractivity contribution in [3.8, 4) is 0 Å². The van der Waals surface area contributed by atoms with Gasteiger partial charge in [-0.15, -0.1) is 0 Å². The van der Waals surface area contributed by atoms with E-state index < -0.39 is 0 Å². The van der Waals surface area contributed by atoms with Crippen molar-refractivity contribution >= 4 is 5.82 Å². The van der Waals surface area contributed by atoms with E-state index in [1.807, 2.05) is 12.3 Å². The number of hydrogen-bond acceptors (Lipinski definition) is 3. The third-order valence-corrected chi connectivity index (χ3v) is 2.76. The number of nitrogens with two attached hydrogens (primary N) is 1. The molecule has 0 saturated heterocycles. The highest BCUT2D eigenvalue weighted by molar-refractivity contribution is 5.38. The van der Waals surface area contributed by atoms with Gasteiger partial charge in [-0.3, -0.25) is 0 Å². The van der Waals surface area contributed by atoms with Crippen LogP contribution in [-0.4, -0.2) is 17.6 Å². The number of anilines is 1. The van der Waals surface area contributed by atoms with Gasteiger partial charge in [0.05, 0.1) is 0 Å². The van der Waals surface area contributed by atoms with Crippen molar-refractivity contribution in [2.45, 2.75) is 45.6 Å². The van der Waals surface area contributed by atoms with Crippen molar-refractivity contribution in [3.63, 3.8) is 0 Å². The summed E-state index contributed by atoms with van der Waals surface area (Å²) in [5.74, 6) is 0.908. The van der Waals surface area contributed by atoms with Crippen LogP contribution in [0.5, 0.6) is 0 Å². The molecule has 1 atom stereocenters. The maximum Gasteiger partial charge on any atom is 0.126 e. The molecule has 0 aliphatic heterocycles. The summed E-state index contributed by atoms with van der Waals surface area (Å²) in [6.45, 7) is 9.32. The lowest BCUT2D eigenvalue weighted by Gasteiger charge is -2.20. The van der Waals surface area contributed by atoms with Crippen molar-refractivity contribution < 1.29 is 0 Å². The Balaban J connectivity index is 2.72. The minimum absolute atomic E-state index is 0.156. The van der Waals surface area contributed by atoms with Crippen molar-refractivity contribution in [2.75, 3.05) is 11.9 Å². The summed E-state index contributed by atoms with van der Waals surface area (Å²) in [5, 5.41) is 3.32. The molecular weight excluding hydrogens is 198 g/mol. The predicted octanol–water partition coefficient (Wildman–Crippen LogP) is 2.53. The van der Waals surface area contributed by atoms with E-state index in [-0.39, 0.29) is 5.41 Å². The zero-order chi connectivity index (χ0) is 12.2. The van der Waals surface area contributed by atoms with Crippen molar-refractivity contribution in [1.82, 2.24) is 4.98 Å². The van der Waals surface area contributed by atoms with Gasteiger partial charge in [-0.05, 0) is 23.5 Å². The first-order valence-electron chi connectivity index (χ1n) is 5.90. The Bertz CT molecular complexity index is 307. The normalized spacial score (nSPS) is 13.6. The fourth-order valence-electron chi connectivity index (χ4n) is 1.46. The first-order chi connectivity index (χ1) is 7.47. The summed E-state index contributed by atoms with van der Waals surface area (Å²) in [6.07, 6.45) is 2.95. The minimum atomic E-state index is 0.156. The Labute approximate surface area is 98.5 Å². The molecule has 3 heteroatoms. The second-order valence-corrected chi connectivity index (χ2v) is 5.17. The standard InChI is InChI=1S/C13H23N3/c1-5-11(8-14)16-12-7-6-10(9-15-12)13(2,3)4/h6-7,9,11H,5,8,14H2,1-4H3,(H,15,16). The van der Waals surface area contributed by atoms with E-state index in [2.05, 4.69) is 44.1 Å². The van der Waals surface area contributed by atoms with Crippen LogP contribution in [0.2, 0.25) is 0 Å². The number of aromatic nitrogens is 1. The predicted molar refractivity (Wildman–Crippen MR) is 69.7 cm³/mol. The molecule has 16 heavy (non-hydrogen) atoms. The summed E-state index contributed by atoms with van der Waals surface area (Å²) in [4.78, 5) is 4.41. The van der Waals surface area contributed by atoms with Crippen LogP contribution in [0.25, 0.3) is 0 Å². The van der Waals surface area contributed by atoms with Crippen molar-refractivity contribution in [3.05, 3.63) is 23.9 Å². The van der Waals surface area contributed by atoms with Crippen LogP contribution in [-0.2, 0) is 5.41 Å². The van der Waals surface area contributed by atoms with E-state index in [0.29, 0.717) is 12.6 Å². The number of pyridine rings is 1. The maximum absolute atomic E-state index is 5.64. The average molecular weight is 221 g/mol. The summed E-state index contributed by atoms with van der Waals surface area (Å²) in [7, 11) is 0. The molecule has 1 aromatic rings. The molecule has 1 aromatic heterocycles. The van der Waals surface area contributed by atoms with Crippen LogP contribution in [0.3, 0.4) is 0 Å². The zero-order valence-electron chi connectivity index (χ0n) is 10.7. The second-order valence-electron chi connectivity index (χ2n) is 5.17. The van der Waals surface area contributed by atoms with Gasteiger partial charge >= 0.3 is 0 Å². The molecule has 1 rings (SSSR count). The quantitative estimate of drug-likeness (QED) is 0.821. The van der Waals surface area contributed by atoms with Crippen molar-refractivity contribution in [2.24, 2.45) is 5.73 Å². The van der Waals surface area contributed by atoms with Crippen LogP contribution in [0.4, 0.5) is 5.82 Å². The van der Waals surface area contributed by atoms with Crippen molar-refractivity contribution in [1.29, 1.82) is 0 Å². The maximum atomic E-state index is 5.64. The van der Waals surface area contributed by atoms with Gasteiger partial charge in [-0.25, -0.2) is 4.98 Å². The molecular formula is C13H23N3. The Hall–Kier alpha value is -1.09. The highest BCUT2D eigenvalue weighted by Gasteiger charge is 2.13.